The highest BCUT2D eigenvalue weighted by molar-refractivity contribution is 7.86. The molecule has 41 heteroatoms. The van der Waals surface area contributed by atoms with Crippen molar-refractivity contribution in [1.82, 2.24) is 35.3 Å². The maximum atomic E-state index is 13.1. The summed E-state index contributed by atoms with van der Waals surface area (Å²) in [5.41, 5.74) is 26.1. The van der Waals surface area contributed by atoms with Gasteiger partial charge in [0.2, 0.25) is 0 Å². The van der Waals surface area contributed by atoms with Crippen LogP contribution < -0.4 is 65.5 Å². The van der Waals surface area contributed by atoms with E-state index in [1.54, 1.807) is 18.2 Å². The van der Waals surface area contributed by atoms with Crippen LogP contribution in [0, 0.1) is 6.92 Å². The van der Waals surface area contributed by atoms with Crippen molar-refractivity contribution in [3.05, 3.63) is 377 Å². The number of aromatic nitrogens is 2. The summed E-state index contributed by atoms with van der Waals surface area (Å²) in [5.74, 6) is 6.45. The number of carbonyl (C=O) groups excluding carboxylic acids is 2. The Morgan fingerprint density at radius 2 is 0.773 bits per heavy atom. The monoisotopic (exact) mass is 2100 g/mol. The summed E-state index contributed by atoms with van der Waals surface area (Å²) in [4.78, 5) is 53.1. The average molecular weight is 2100 g/mol. The van der Waals surface area contributed by atoms with Crippen LogP contribution in [0.1, 0.15) is 37.4 Å². The number of benzene rings is 11. The third-order valence-electron chi connectivity index (χ3n) is 23.5. The molecule has 0 spiro atoms. The van der Waals surface area contributed by atoms with E-state index in [2.05, 4.69) is 114 Å². The molecule has 4 saturated heterocycles. The fourth-order valence-electron chi connectivity index (χ4n) is 15.9. The molecule has 4 fully saturated rings. The number of aliphatic hydroxyl groups is 4. The van der Waals surface area contributed by atoms with Gasteiger partial charge in [-0.1, -0.05) is 161 Å². The number of alkyl halides is 6. The smallest absolute Gasteiger partial charge is 0.416 e. The number of hydrogen-bond donors (Lipinski definition) is 9. The van der Waals surface area contributed by atoms with Crippen molar-refractivity contribution in [3.8, 4) is 46.0 Å². The van der Waals surface area contributed by atoms with Gasteiger partial charge >= 0.3 is 12.4 Å². The predicted molar refractivity (Wildman–Crippen MR) is 569 cm³/mol. The second-order valence-corrected chi connectivity index (χ2v) is 36.5. The highest BCUT2D eigenvalue weighted by Crippen LogP contribution is 2.40. The first-order valence-electron chi connectivity index (χ1n) is 48.4. The fraction of sp³-hybridized carbons (Fsp3) is 0.284. The Bertz CT molecular complexity index is 6570. The first-order chi connectivity index (χ1) is 72.5. The quantitative estimate of drug-likeness (QED) is 0.00445. The van der Waals surface area contributed by atoms with Gasteiger partial charge in [0, 0.05) is 171 Å². The second-order valence-electron chi connectivity index (χ2n) is 34.6. The molecule has 0 bridgehead atoms. The minimum atomic E-state index is -4.49. The second kappa shape index (κ2) is 58.6. The number of ether oxygens (including phenoxy) is 4. The van der Waals surface area contributed by atoms with Gasteiger partial charge in [-0.2, -0.15) is 34.8 Å². The highest BCUT2D eigenvalue weighted by Gasteiger charge is 2.33. The first kappa shape index (κ1) is 114. The number of pyridine rings is 2. The molecule has 4 aliphatic rings. The molecule has 4 aliphatic heterocycles. The molecule has 2 aromatic heterocycles. The molecule has 0 radical (unpaired) electrons. The van der Waals surface area contributed by atoms with Crippen molar-refractivity contribution in [2.45, 2.75) is 48.6 Å². The molecule has 13 aromatic rings. The first-order valence-corrected chi connectivity index (χ1v) is 50.2. The van der Waals surface area contributed by atoms with Crippen LogP contribution in [0.15, 0.2) is 343 Å². The van der Waals surface area contributed by atoms with E-state index in [0.29, 0.717) is 26.2 Å². The summed E-state index contributed by atoms with van der Waals surface area (Å²) in [6, 6.07) is 92.9. The van der Waals surface area contributed by atoms with Gasteiger partial charge in [-0.3, -0.25) is 28.5 Å². The number of nitrogens with two attached hydrogens (primary N) is 1. The van der Waals surface area contributed by atoms with Gasteiger partial charge in [-0.05, 0) is 199 Å². The van der Waals surface area contributed by atoms with Crippen molar-refractivity contribution in [2.24, 2.45) is 16.0 Å². The molecule has 33 nitrogen and oxygen atoms in total. The van der Waals surface area contributed by atoms with Crippen molar-refractivity contribution in [3.63, 3.8) is 0 Å². The molecule has 6 heterocycles. The van der Waals surface area contributed by atoms with E-state index in [4.69, 9.17) is 47.3 Å². The van der Waals surface area contributed by atoms with Gasteiger partial charge in [0.05, 0.1) is 94.0 Å². The number of carbonyl (C=O) groups is 2. The van der Waals surface area contributed by atoms with E-state index in [9.17, 15) is 64.8 Å². The van der Waals surface area contributed by atoms with Gasteiger partial charge in [0.1, 0.15) is 34.6 Å². The maximum Gasteiger partial charge on any atom is 0.416 e. The molecule has 788 valence electrons. The summed E-state index contributed by atoms with van der Waals surface area (Å²) in [6.45, 7) is 17.2. The zero-order valence-corrected chi connectivity index (χ0v) is 83.8. The number of anilines is 8. The molecular formula is C109H119ClF6N20O13S. The number of aliphatic hydroxyl groups excluding tert-OH is 4. The van der Waals surface area contributed by atoms with Gasteiger partial charge in [-0.25, -0.2) is 9.97 Å². The molecule has 4 atom stereocenters. The van der Waals surface area contributed by atoms with Crippen molar-refractivity contribution in [1.29, 1.82) is 0 Å². The van der Waals surface area contributed by atoms with Crippen molar-refractivity contribution in [2.75, 3.05) is 187 Å². The summed E-state index contributed by atoms with van der Waals surface area (Å²) in [7, 11) is -3.89. The zero-order chi connectivity index (χ0) is 106. The minimum absolute atomic E-state index is 0.00465. The lowest BCUT2D eigenvalue weighted by Gasteiger charge is -2.37. The Kier molecular flexibility index (Phi) is 44.4. The van der Waals surface area contributed by atoms with Crippen LogP contribution in [-0.2, 0) is 26.7 Å². The molecule has 4 unspecified atom stereocenters. The molecule has 10 N–H and O–H groups in total. The summed E-state index contributed by atoms with van der Waals surface area (Å²) >= 11 is 5.38. The minimum Gasteiger partial charge on any atom is -0.455 e. The number of nitrogens with zero attached hydrogens (tertiary/aromatic N) is 15. The lowest BCUT2D eigenvalue weighted by molar-refractivity contribution is -0.138. The zero-order valence-electron chi connectivity index (χ0n) is 82.3. The van der Waals surface area contributed by atoms with E-state index in [-0.39, 0.29) is 58.7 Å². The molecule has 17 rings (SSSR count). The van der Waals surface area contributed by atoms with Crippen LogP contribution in [0.2, 0.25) is 0 Å². The van der Waals surface area contributed by atoms with Crippen LogP contribution in [0.3, 0.4) is 0 Å². The Hall–Kier alpha value is -15.1. The summed E-state index contributed by atoms with van der Waals surface area (Å²) < 4.78 is 129. The normalized spacial score (nSPS) is 14.6. The number of aryl methyl sites for hydroxylation is 1. The van der Waals surface area contributed by atoms with E-state index < -0.39 is 75.8 Å². The number of amides is 1. The lowest BCUT2D eigenvalue weighted by Crippen LogP contribution is -2.50. The largest absolute Gasteiger partial charge is 0.455 e. The van der Waals surface area contributed by atoms with Crippen molar-refractivity contribution >= 4 is 78.6 Å². The van der Waals surface area contributed by atoms with Crippen LogP contribution in [0.25, 0.3) is 20.9 Å². The van der Waals surface area contributed by atoms with E-state index in [0.717, 1.165) is 198 Å². The van der Waals surface area contributed by atoms with E-state index in [1.807, 2.05) is 201 Å². The van der Waals surface area contributed by atoms with E-state index in [1.165, 1.54) is 72.7 Å². The predicted octanol–water partition coefficient (Wildman–Crippen LogP) is 19.2. The molecule has 0 saturated carbocycles. The number of piperazine rings is 4. The topological polar surface area (TPSA) is 415 Å². The number of β-amino-alcohol motifs (C(OH)–C–C–N with tert-alkyl or cyclic N) is 3. The summed E-state index contributed by atoms with van der Waals surface area (Å²) in [6.07, 6.45) is -9.12. The highest BCUT2D eigenvalue weighted by atomic mass is 35.5. The molecule has 0 aliphatic carbocycles. The van der Waals surface area contributed by atoms with E-state index >= 15 is 0 Å². The van der Waals surface area contributed by atoms with Crippen LogP contribution in [0.5, 0.6) is 46.0 Å². The molecule has 150 heavy (non-hydrogen) atoms. The number of azide groups is 2. The van der Waals surface area contributed by atoms with Gasteiger partial charge < -0.3 is 86.0 Å². The molecule has 1 amide bonds. The van der Waals surface area contributed by atoms with Crippen LogP contribution in [-0.4, -0.2) is 246 Å². The number of halogens is 7. The summed E-state index contributed by atoms with van der Waals surface area (Å²) in [5, 5.41) is 56.9. The standard InChI is InChI=1S/C32H32F3N5O3.C19H23N5O2.C19H25N3O2.C16H18N2O.C13H8ClF3N2O.C10H13N3O4S/c33-32(34,35)23-8-6-9-24(20-23)38-30-27(12-7-15-36-30)31(42)37-21-25(41)22-39-16-18-40(19-17-39)28-13-4-5-14-29(28)43-26-10-2-1-3-11-26;20-22-21-14-16(25)15-23-10-12-24(13-11-23)18-8-4-5-9-19(18)26-17-6-2-1-3-7-17;20-14-16(23)15-21-10-12-22(13-11-21)18-8-4-5-9-19(18)24-17-6-2-1-3-7-17;1-2-6-14(7-3-1)19-16-9-5-4-8-15(16)18-12-10-17-11-13-18;14-11(20)10-5-2-6-18-12(10)19-9-4-1-3-8(7-9)13(15,16)17;1-8-2-4-10(5-3-8)18(15,16)17-7-9(14)6-12-13-11/h1-15,20,25,41H,16-19,21-22H2,(H,36,38)(H,37,42);1-9,16,25H,10-15H2;1-9,16,23H,10-15,20H2;1-9,17H,10-13H2;1-7H,(H,18,19);2-5,9,14H,6-7H2,1H3. The number of para-hydroxylation sites is 12. The Morgan fingerprint density at radius 1 is 0.433 bits per heavy atom. The Morgan fingerprint density at radius 3 is 1.14 bits per heavy atom. The lowest BCUT2D eigenvalue weighted by atomic mass is 10.1. The van der Waals surface area contributed by atoms with Crippen LogP contribution >= 0.6 is 11.6 Å². The number of hydrogen-bond acceptors (Lipinski definition) is 28. The third-order valence-corrected chi connectivity index (χ3v) is 25.0. The van der Waals surface area contributed by atoms with Gasteiger partial charge in [-0.15, -0.1) is 0 Å². The fourth-order valence-corrected chi connectivity index (χ4v) is 17.0. The van der Waals surface area contributed by atoms with Crippen molar-refractivity contribution < 1.29 is 87.9 Å². The number of nitrogens with one attached hydrogen (secondary N) is 4. The van der Waals surface area contributed by atoms with Crippen LogP contribution in [0.4, 0.5) is 72.1 Å². The van der Waals surface area contributed by atoms with Gasteiger partial charge in [0.15, 0.2) is 23.0 Å². The number of rotatable bonds is 35. The average Bonchev–Trinajstić information content (AvgIpc) is 0.832. The third kappa shape index (κ3) is 37.0. The Labute approximate surface area is 871 Å². The van der Waals surface area contributed by atoms with Gasteiger partial charge in [0.25, 0.3) is 21.3 Å². The maximum absolute atomic E-state index is 13.1. The SMILES string of the molecule is Cc1ccc(S(=O)(=O)OCC(O)CN=[N+]=[N-])cc1.NCC(O)CN1CCN(c2ccccc2Oc2ccccc2)CC1.O=C(Cl)c1cccnc1Nc1cccc(C(F)(F)F)c1.O=C(NCC(O)CN1CCN(c2ccccc2Oc2ccccc2)CC1)c1cccnc1Nc1cccc(C(F)(F)F)c1.[N-]=[N+]=NCC(O)CN1CCN(c2ccccc2Oc2ccccc2)CC1.c1ccc(Oc2ccccc2N2CCNCC2)cc1. The molecular weight excluding hydrogens is 1980 g/mol. The molecule has 11 aromatic carbocycles. The Balaban J connectivity index is 0.000000165.